The van der Waals surface area contributed by atoms with Gasteiger partial charge in [-0.05, 0) is 40.9 Å². The lowest BCUT2D eigenvalue weighted by Crippen LogP contribution is -2.30. The molecule has 2 aromatic heterocycles. The van der Waals surface area contributed by atoms with E-state index < -0.39 is 0 Å². The standard InChI is InChI=1S/C14H17BrN2OS/c15-13-7-6-11(18-13)12-8-17-14(19-12)9-16-10-4-2-1-3-5-10/h6-8,10,16H,1-5,9H2. The third kappa shape index (κ3) is 3.46. The molecule has 0 spiro atoms. The normalized spacial score (nSPS) is 16.9. The lowest BCUT2D eigenvalue weighted by molar-refractivity contribution is 0.372. The molecule has 0 radical (unpaired) electrons. The molecule has 102 valence electrons. The molecule has 0 saturated heterocycles. The summed E-state index contributed by atoms with van der Waals surface area (Å²) in [5.41, 5.74) is 0. The molecule has 0 amide bonds. The van der Waals surface area contributed by atoms with E-state index in [-0.39, 0.29) is 0 Å². The van der Waals surface area contributed by atoms with Crippen LogP contribution in [0.4, 0.5) is 0 Å². The first-order chi connectivity index (χ1) is 9.31. The molecule has 1 fully saturated rings. The van der Waals surface area contributed by atoms with E-state index in [9.17, 15) is 0 Å². The van der Waals surface area contributed by atoms with E-state index in [4.69, 9.17) is 4.42 Å². The van der Waals surface area contributed by atoms with Gasteiger partial charge in [-0.25, -0.2) is 4.98 Å². The Morgan fingerprint density at radius 2 is 2.16 bits per heavy atom. The zero-order valence-corrected chi connectivity index (χ0v) is 13.1. The summed E-state index contributed by atoms with van der Waals surface area (Å²) in [6, 6.07) is 4.56. The lowest BCUT2D eigenvalue weighted by Gasteiger charge is -2.22. The Labute approximate surface area is 125 Å². The van der Waals surface area contributed by atoms with E-state index in [1.807, 2.05) is 18.3 Å². The van der Waals surface area contributed by atoms with Crippen LogP contribution in [0.2, 0.25) is 0 Å². The highest BCUT2D eigenvalue weighted by molar-refractivity contribution is 9.10. The molecule has 2 heterocycles. The molecule has 1 aliphatic rings. The quantitative estimate of drug-likeness (QED) is 0.884. The van der Waals surface area contributed by atoms with Crippen molar-refractivity contribution in [1.82, 2.24) is 10.3 Å². The molecule has 1 aliphatic carbocycles. The van der Waals surface area contributed by atoms with Gasteiger partial charge in [-0.3, -0.25) is 0 Å². The number of nitrogens with zero attached hydrogens (tertiary/aromatic N) is 1. The van der Waals surface area contributed by atoms with Crippen molar-refractivity contribution >= 4 is 27.3 Å². The average molecular weight is 341 g/mol. The van der Waals surface area contributed by atoms with Crippen LogP contribution >= 0.6 is 27.3 Å². The van der Waals surface area contributed by atoms with Crippen LogP contribution in [0.5, 0.6) is 0 Å². The van der Waals surface area contributed by atoms with Crippen molar-refractivity contribution < 1.29 is 4.42 Å². The molecule has 0 atom stereocenters. The Kier molecular flexibility index (Phi) is 4.35. The predicted molar refractivity (Wildman–Crippen MR) is 81.2 cm³/mol. The molecule has 5 heteroatoms. The Morgan fingerprint density at radius 1 is 1.32 bits per heavy atom. The second-order valence-electron chi connectivity index (χ2n) is 4.94. The van der Waals surface area contributed by atoms with Crippen LogP contribution < -0.4 is 5.32 Å². The molecule has 0 aromatic carbocycles. The van der Waals surface area contributed by atoms with E-state index in [2.05, 4.69) is 26.2 Å². The van der Waals surface area contributed by atoms with Crippen LogP contribution in [0.1, 0.15) is 37.1 Å². The van der Waals surface area contributed by atoms with Crippen LogP contribution in [-0.2, 0) is 6.54 Å². The van der Waals surface area contributed by atoms with Gasteiger partial charge in [-0.1, -0.05) is 19.3 Å². The number of thiazole rings is 1. The minimum atomic E-state index is 0.679. The van der Waals surface area contributed by atoms with Gasteiger partial charge in [0.2, 0.25) is 0 Å². The predicted octanol–water partition coefficient (Wildman–Crippen LogP) is 4.59. The minimum absolute atomic E-state index is 0.679. The number of hydrogen-bond donors (Lipinski definition) is 1. The van der Waals surface area contributed by atoms with Gasteiger partial charge in [-0.2, -0.15) is 0 Å². The van der Waals surface area contributed by atoms with E-state index in [1.165, 1.54) is 32.1 Å². The highest BCUT2D eigenvalue weighted by Gasteiger charge is 2.14. The third-order valence-electron chi connectivity index (χ3n) is 3.52. The second-order valence-corrected chi connectivity index (χ2v) is 6.83. The van der Waals surface area contributed by atoms with Gasteiger partial charge in [0.25, 0.3) is 0 Å². The first kappa shape index (κ1) is 13.3. The topological polar surface area (TPSA) is 38.1 Å². The highest BCUT2D eigenvalue weighted by atomic mass is 79.9. The van der Waals surface area contributed by atoms with E-state index in [1.54, 1.807) is 11.3 Å². The summed E-state index contributed by atoms with van der Waals surface area (Å²) in [5, 5.41) is 4.75. The number of hydrogen-bond acceptors (Lipinski definition) is 4. The summed E-state index contributed by atoms with van der Waals surface area (Å²) in [5.74, 6) is 0.883. The van der Waals surface area contributed by atoms with Gasteiger partial charge < -0.3 is 9.73 Å². The first-order valence-corrected chi connectivity index (χ1v) is 8.36. The summed E-state index contributed by atoms with van der Waals surface area (Å²) in [6.45, 7) is 0.872. The maximum absolute atomic E-state index is 5.54. The fourth-order valence-corrected chi connectivity index (χ4v) is 3.63. The molecule has 0 aliphatic heterocycles. The fourth-order valence-electron chi connectivity index (χ4n) is 2.49. The Hall–Kier alpha value is -0.650. The molecular weight excluding hydrogens is 324 g/mol. The summed E-state index contributed by atoms with van der Waals surface area (Å²) in [7, 11) is 0. The van der Waals surface area contributed by atoms with Crippen molar-refractivity contribution in [2.24, 2.45) is 0 Å². The molecule has 0 unspecified atom stereocenters. The van der Waals surface area contributed by atoms with Crippen molar-refractivity contribution in [2.75, 3.05) is 0 Å². The van der Waals surface area contributed by atoms with Gasteiger partial charge in [-0.15, -0.1) is 11.3 Å². The van der Waals surface area contributed by atoms with Gasteiger partial charge in [0.05, 0.1) is 4.88 Å². The van der Waals surface area contributed by atoms with E-state index in [0.29, 0.717) is 6.04 Å². The van der Waals surface area contributed by atoms with Gasteiger partial charge in [0.15, 0.2) is 4.67 Å². The SMILES string of the molecule is Brc1ccc(-c2cnc(CNC3CCCCC3)s2)o1. The first-order valence-electron chi connectivity index (χ1n) is 6.75. The smallest absolute Gasteiger partial charge is 0.169 e. The zero-order chi connectivity index (χ0) is 13.1. The van der Waals surface area contributed by atoms with Crippen molar-refractivity contribution in [3.63, 3.8) is 0 Å². The fraction of sp³-hybridized carbons (Fsp3) is 0.500. The van der Waals surface area contributed by atoms with Crippen LogP contribution in [0, 0.1) is 0 Å². The molecule has 1 saturated carbocycles. The van der Waals surface area contributed by atoms with Crippen molar-refractivity contribution in [1.29, 1.82) is 0 Å². The largest absolute Gasteiger partial charge is 0.448 e. The molecule has 3 nitrogen and oxygen atoms in total. The highest BCUT2D eigenvalue weighted by Crippen LogP contribution is 2.29. The summed E-state index contributed by atoms with van der Waals surface area (Å²) < 4.78 is 6.31. The minimum Gasteiger partial charge on any atom is -0.448 e. The Balaban J connectivity index is 1.58. The number of aromatic nitrogens is 1. The third-order valence-corrected chi connectivity index (χ3v) is 4.95. The maximum atomic E-state index is 5.54. The van der Waals surface area contributed by atoms with E-state index >= 15 is 0 Å². The molecule has 2 aromatic rings. The van der Waals surface area contributed by atoms with Gasteiger partial charge >= 0.3 is 0 Å². The Morgan fingerprint density at radius 3 is 2.89 bits per heavy atom. The lowest BCUT2D eigenvalue weighted by atomic mass is 9.96. The Bertz CT molecular complexity index is 531. The molecule has 3 rings (SSSR count). The molecule has 19 heavy (non-hydrogen) atoms. The molecule has 1 N–H and O–H groups in total. The van der Waals surface area contributed by atoms with E-state index in [0.717, 1.165) is 26.9 Å². The second kappa shape index (κ2) is 6.20. The van der Waals surface area contributed by atoms with Crippen molar-refractivity contribution in [3.05, 3.63) is 28.0 Å². The number of furan rings is 1. The summed E-state index contributed by atoms with van der Waals surface area (Å²) in [6.07, 6.45) is 8.63. The van der Waals surface area contributed by atoms with Crippen molar-refractivity contribution in [2.45, 2.75) is 44.7 Å². The average Bonchev–Trinajstić information content (AvgIpc) is 3.06. The summed E-state index contributed by atoms with van der Waals surface area (Å²) in [4.78, 5) is 5.56. The zero-order valence-electron chi connectivity index (χ0n) is 10.7. The molecular formula is C14H17BrN2OS. The monoisotopic (exact) mass is 340 g/mol. The number of rotatable bonds is 4. The molecule has 0 bridgehead atoms. The van der Waals surface area contributed by atoms with Gasteiger partial charge in [0, 0.05) is 18.8 Å². The summed E-state index contributed by atoms with van der Waals surface area (Å²) >= 11 is 5.02. The number of nitrogens with one attached hydrogen (secondary N) is 1. The maximum Gasteiger partial charge on any atom is 0.169 e. The van der Waals surface area contributed by atoms with Gasteiger partial charge in [0.1, 0.15) is 10.8 Å². The van der Waals surface area contributed by atoms with Crippen LogP contribution in [-0.4, -0.2) is 11.0 Å². The van der Waals surface area contributed by atoms with Crippen LogP contribution in [0.25, 0.3) is 10.6 Å². The van der Waals surface area contributed by atoms with Crippen molar-refractivity contribution in [3.8, 4) is 10.6 Å². The number of halogens is 1. The van der Waals surface area contributed by atoms with Crippen LogP contribution in [0.3, 0.4) is 0 Å². The van der Waals surface area contributed by atoms with Crippen LogP contribution in [0.15, 0.2) is 27.4 Å².